The summed E-state index contributed by atoms with van der Waals surface area (Å²) in [5, 5.41) is 2.71. The minimum absolute atomic E-state index is 0.0880. The number of hydrogen-bond donors (Lipinski definition) is 1. The van der Waals surface area contributed by atoms with Crippen molar-refractivity contribution in [2.24, 2.45) is 0 Å². The maximum Gasteiger partial charge on any atom is 0.407 e. The molecule has 4 heteroatoms. The van der Waals surface area contributed by atoms with E-state index in [2.05, 4.69) is 11.9 Å². The highest BCUT2D eigenvalue weighted by atomic mass is 16.5. The molecular formula is C10H15NO3. The fraction of sp³-hybridized carbons (Fsp3) is 0.600. The predicted molar refractivity (Wildman–Crippen MR) is 51.9 cm³/mol. The quantitative estimate of drug-likeness (QED) is 0.696. The molecule has 0 unspecified atom stereocenters. The number of ketones is 1. The summed E-state index contributed by atoms with van der Waals surface area (Å²) in [4.78, 5) is 22.0. The Morgan fingerprint density at radius 3 is 2.79 bits per heavy atom. The van der Waals surface area contributed by atoms with Gasteiger partial charge in [0, 0.05) is 18.9 Å². The molecule has 78 valence electrons. The molecule has 1 aliphatic carbocycles. The molecule has 1 aliphatic rings. The zero-order valence-electron chi connectivity index (χ0n) is 8.12. The fourth-order valence-electron chi connectivity index (χ4n) is 1.43. The molecule has 0 saturated heterocycles. The molecule has 4 nitrogen and oxygen atoms in total. The van der Waals surface area contributed by atoms with E-state index in [1.807, 2.05) is 0 Å². The zero-order chi connectivity index (χ0) is 10.4. The number of rotatable bonds is 3. The molecule has 0 atom stereocenters. The highest BCUT2D eigenvalue weighted by Crippen LogP contribution is 2.14. The first-order valence-corrected chi connectivity index (χ1v) is 4.78. The number of hydrogen-bond acceptors (Lipinski definition) is 3. The van der Waals surface area contributed by atoms with Crippen LogP contribution in [0.4, 0.5) is 4.79 Å². The number of carbonyl (C=O) groups excluding carboxylic acids is 2. The van der Waals surface area contributed by atoms with Gasteiger partial charge in [-0.1, -0.05) is 12.7 Å². The first-order valence-electron chi connectivity index (χ1n) is 4.78. The Morgan fingerprint density at radius 2 is 2.21 bits per heavy atom. The van der Waals surface area contributed by atoms with Crippen molar-refractivity contribution in [2.75, 3.05) is 6.61 Å². The van der Waals surface area contributed by atoms with Gasteiger partial charge < -0.3 is 10.1 Å². The highest BCUT2D eigenvalue weighted by Gasteiger charge is 2.20. The van der Waals surface area contributed by atoms with E-state index >= 15 is 0 Å². The minimum Gasteiger partial charge on any atom is -0.445 e. The van der Waals surface area contributed by atoms with Gasteiger partial charge in [-0.25, -0.2) is 4.79 Å². The van der Waals surface area contributed by atoms with Crippen LogP contribution in [-0.2, 0) is 9.53 Å². The van der Waals surface area contributed by atoms with Crippen LogP contribution in [0.3, 0.4) is 0 Å². The van der Waals surface area contributed by atoms with Crippen molar-refractivity contribution in [2.45, 2.75) is 31.7 Å². The Hall–Kier alpha value is -1.32. The van der Waals surface area contributed by atoms with Gasteiger partial charge in [0.05, 0.1) is 0 Å². The number of Topliss-reactive ketones (excluding diaryl/α,β-unsaturated/α-hetero) is 1. The summed E-state index contributed by atoms with van der Waals surface area (Å²) >= 11 is 0. The molecule has 1 amide bonds. The van der Waals surface area contributed by atoms with Crippen molar-refractivity contribution in [3.05, 3.63) is 12.7 Å². The van der Waals surface area contributed by atoms with Crippen molar-refractivity contribution in [1.82, 2.24) is 5.32 Å². The van der Waals surface area contributed by atoms with Gasteiger partial charge in [-0.15, -0.1) is 0 Å². The van der Waals surface area contributed by atoms with Crippen LogP contribution >= 0.6 is 0 Å². The lowest BCUT2D eigenvalue weighted by Crippen LogP contribution is -2.38. The van der Waals surface area contributed by atoms with Gasteiger partial charge in [-0.2, -0.15) is 0 Å². The monoisotopic (exact) mass is 197 g/mol. The molecule has 0 heterocycles. The van der Waals surface area contributed by atoms with Crippen molar-refractivity contribution >= 4 is 11.9 Å². The smallest absolute Gasteiger partial charge is 0.407 e. The van der Waals surface area contributed by atoms with Gasteiger partial charge in [-0.3, -0.25) is 4.79 Å². The standard InChI is InChI=1S/C10H15NO3/c1-2-7-14-10(13)11-8-3-5-9(12)6-4-8/h2,8H,1,3-7H2,(H,11,13). The van der Waals surface area contributed by atoms with Crippen LogP contribution in [-0.4, -0.2) is 24.5 Å². The molecule has 0 aromatic rings. The first-order chi connectivity index (χ1) is 6.72. The van der Waals surface area contributed by atoms with Crippen LogP contribution in [0.15, 0.2) is 12.7 Å². The summed E-state index contributed by atoms with van der Waals surface area (Å²) < 4.78 is 4.77. The van der Waals surface area contributed by atoms with Gasteiger partial charge in [-0.05, 0) is 12.8 Å². The Bertz CT molecular complexity index is 228. The average Bonchev–Trinajstić information content (AvgIpc) is 2.18. The van der Waals surface area contributed by atoms with E-state index in [0.29, 0.717) is 12.8 Å². The lowest BCUT2D eigenvalue weighted by atomic mass is 9.95. The molecule has 1 saturated carbocycles. The average molecular weight is 197 g/mol. The largest absolute Gasteiger partial charge is 0.445 e. The van der Waals surface area contributed by atoms with Crippen molar-refractivity contribution < 1.29 is 14.3 Å². The summed E-state index contributed by atoms with van der Waals surface area (Å²) in [7, 11) is 0. The number of alkyl carbamates (subject to hydrolysis) is 1. The Kier molecular flexibility index (Phi) is 4.16. The van der Waals surface area contributed by atoms with Crippen LogP contribution in [0.1, 0.15) is 25.7 Å². The van der Waals surface area contributed by atoms with Crippen LogP contribution in [0, 0.1) is 0 Å². The number of ether oxygens (including phenoxy) is 1. The second-order valence-corrected chi connectivity index (χ2v) is 3.34. The van der Waals surface area contributed by atoms with Crippen molar-refractivity contribution in [1.29, 1.82) is 0 Å². The SMILES string of the molecule is C=CCOC(=O)NC1CCC(=O)CC1. The molecule has 1 N–H and O–H groups in total. The Balaban J connectivity index is 2.20. The van der Waals surface area contributed by atoms with Crippen molar-refractivity contribution in [3.63, 3.8) is 0 Å². The minimum atomic E-state index is -0.427. The molecule has 1 fully saturated rings. The normalized spacial score (nSPS) is 17.6. The summed E-state index contributed by atoms with van der Waals surface area (Å²) in [5.41, 5.74) is 0. The topological polar surface area (TPSA) is 55.4 Å². The van der Waals surface area contributed by atoms with Crippen LogP contribution < -0.4 is 5.32 Å². The zero-order valence-corrected chi connectivity index (χ0v) is 8.12. The fourth-order valence-corrected chi connectivity index (χ4v) is 1.43. The maximum absolute atomic E-state index is 11.1. The third-order valence-electron chi connectivity index (χ3n) is 2.20. The van der Waals surface area contributed by atoms with E-state index in [-0.39, 0.29) is 18.4 Å². The molecule has 0 spiro atoms. The van der Waals surface area contributed by atoms with E-state index in [1.165, 1.54) is 6.08 Å². The van der Waals surface area contributed by atoms with Gasteiger partial charge in [0.2, 0.25) is 0 Å². The molecule has 1 rings (SSSR count). The van der Waals surface area contributed by atoms with Crippen LogP contribution in [0.25, 0.3) is 0 Å². The molecular weight excluding hydrogens is 182 g/mol. The van der Waals surface area contributed by atoms with Gasteiger partial charge >= 0.3 is 6.09 Å². The number of carbonyl (C=O) groups is 2. The lowest BCUT2D eigenvalue weighted by molar-refractivity contribution is -0.120. The second-order valence-electron chi connectivity index (χ2n) is 3.34. The van der Waals surface area contributed by atoms with Gasteiger partial charge in [0.25, 0.3) is 0 Å². The molecule has 0 aromatic carbocycles. The first kappa shape index (κ1) is 10.8. The van der Waals surface area contributed by atoms with E-state index in [1.54, 1.807) is 0 Å². The molecule has 0 aromatic heterocycles. The predicted octanol–water partition coefficient (Wildman–Crippen LogP) is 1.41. The van der Waals surface area contributed by atoms with Gasteiger partial charge in [0.1, 0.15) is 12.4 Å². The van der Waals surface area contributed by atoms with E-state index in [9.17, 15) is 9.59 Å². The summed E-state index contributed by atoms with van der Waals surface area (Å²) in [5.74, 6) is 0.280. The summed E-state index contributed by atoms with van der Waals surface area (Å²) in [6.07, 6.45) is 3.66. The molecule has 14 heavy (non-hydrogen) atoms. The highest BCUT2D eigenvalue weighted by molar-refractivity contribution is 5.79. The third-order valence-corrected chi connectivity index (χ3v) is 2.20. The van der Waals surface area contributed by atoms with E-state index in [4.69, 9.17) is 4.74 Å². The molecule has 0 radical (unpaired) electrons. The van der Waals surface area contributed by atoms with E-state index < -0.39 is 6.09 Å². The Labute approximate surface area is 83.3 Å². The second kappa shape index (κ2) is 5.42. The van der Waals surface area contributed by atoms with Gasteiger partial charge in [0.15, 0.2) is 0 Å². The molecule has 0 bridgehead atoms. The lowest BCUT2D eigenvalue weighted by Gasteiger charge is -2.21. The van der Waals surface area contributed by atoms with Crippen LogP contribution in [0.5, 0.6) is 0 Å². The van der Waals surface area contributed by atoms with Crippen LogP contribution in [0.2, 0.25) is 0 Å². The summed E-state index contributed by atoms with van der Waals surface area (Å²) in [6, 6.07) is 0.0880. The van der Waals surface area contributed by atoms with Crippen molar-refractivity contribution in [3.8, 4) is 0 Å². The van der Waals surface area contributed by atoms with E-state index in [0.717, 1.165) is 12.8 Å². The molecule has 0 aliphatic heterocycles. The number of nitrogens with one attached hydrogen (secondary N) is 1. The maximum atomic E-state index is 11.1. The third kappa shape index (κ3) is 3.60. The summed E-state index contributed by atoms with van der Waals surface area (Å²) in [6.45, 7) is 3.66. The number of amides is 1. The Morgan fingerprint density at radius 1 is 1.57 bits per heavy atom.